The SMILES string of the molecule is Cc1[nH]c(-c2ccc(N)nn2)nc1Cl. The van der Waals surface area contributed by atoms with Crippen LogP contribution in [0.1, 0.15) is 5.69 Å². The third-order valence-corrected chi connectivity index (χ3v) is 2.12. The maximum Gasteiger partial charge on any atom is 0.159 e. The molecule has 3 N–H and O–H groups in total. The van der Waals surface area contributed by atoms with Gasteiger partial charge in [-0.1, -0.05) is 11.6 Å². The minimum Gasteiger partial charge on any atom is -0.382 e. The van der Waals surface area contributed by atoms with Crippen LogP contribution in [0.4, 0.5) is 5.82 Å². The number of imidazole rings is 1. The minimum atomic E-state index is 0.378. The summed E-state index contributed by atoms with van der Waals surface area (Å²) in [7, 11) is 0. The summed E-state index contributed by atoms with van der Waals surface area (Å²) in [6.07, 6.45) is 0. The highest BCUT2D eigenvalue weighted by Crippen LogP contribution is 2.18. The van der Waals surface area contributed by atoms with Crippen LogP contribution in [0.15, 0.2) is 12.1 Å². The molecule has 0 aliphatic rings. The van der Waals surface area contributed by atoms with E-state index in [9.17, 15) is 0 Å². The van der Waals surface area contributed by atoms with Gasteiger partial charge in [-0.25, -0.2) is 4.98 Å². The van der Waals surface area contributed by atoms with Crippen LogP contribution < -0.4 is 5.73 Å². The lowest BCUT2D eigenvalue weighted by Gasteiger charge is -1.94. The maximum atomic E-state index is 5.80. The number of nitrogens with one attached hydrogen (secondary N) is 1. The van der Waals surface area contributed by atoms with E-state index in [0.29, 0.717) is 22.5 Å². The fraction of sp³-hybridized carbons (Fsp3) is 0.125. The fourth-order valence-corrected chi connectivity index (χ4v) is 1.16. The molecule has 0 fully saturated rings. The number of nitrogens with two attached hydrogens (primary N) is 1. The molecule has 2 rings (SSSR count). The van der Waals surface area contributed by atoms with E-state index in [1.165, 1.54) is 0 Å². The van der Waals surface area contributed by atoms with E-state index in [-0.39, 0.29) is 0 Å². The van der Waals surface area contributed by atoms with Gasteiger partial charge >= 0.3 is 0 Å². The number of hydrogen-bond donors (Lipinski definition) is 2. The Labute approximate surface area is 85.3 Å². The van der Waals surface area contributed by atoms with Gasteiger partial charge < -0.3 is 10.7 Å². The monoisotopic (exact) mass is 209 g/mol. The van der Waals surface area contributed by atoms with Crippen LogP contribution in [0.3, 0.4) is 0 Å². The molecule has 0 bridgehead atoms. The summed E-state index contributed by atoms with van der Waals surface area (Å²) in [5, 5.41) is 8.04. The van der Waals surface area contributed by atoms with Crippen molar-refractivity contribution in [3.63, 3.8) is 0 Å². The average molecular weight is 210 g/mol. The van der Waals surface area contributed by atoms with Gasteiger partial charge in [0, 0.05) is 0 Å². The molecule has 2 heterocycles. The Hall–Kier alpha value is -1.62. The van der Waals surface area contributed by atoms with Crippen molar-refractivity contribution in [3.8, 4) is 11.5 Å². The summed E-state index contributed by atoms with van der Waals surface area (Å²) in [6.45, 7) is 1.84. The lowest BCUT2D eigenvalue weighted by Crippen LogP contribution is -1.94. The zero-order valence-corrected chi connectivity index (χ0v) is 8.21. The number of aromatic amines is 1. The molecule has 5 nitrogen and oxygen atoms in total. The number of H-pyrrole nitrogens is 1. The van der Waals surface area contributed by atoms with Gasteiger partial charge in [0.15, 0.2) is 11.0 Å². The first-order valence-corrected chi connectivity index (χ1v) is 4.36. The highest BCUT2D eigenvalue weighted by molar-refractivity contribution is 6.30. The molecule has 0 saturated heterocycles. The summed E-state index contributed by atoms with van der Waals surface area (Å²) >= 11 is 5.80. The number of hydrogen-bond acceptors (Lipinski definition) is 4. The molecule has 0 saturated carbocycles. The van der Waals surface area contributed by atoms with E-state index in [4.69, 9.17) is 17.3 Å². The molecular formula is C8H8ClN5. The minimum absolute atomic E-state index is 0.378. The van der Waals surface area contributed by atoms with Crippen molar-refractivity contribution in [1.29, 1.82) is 0 Å². The van der Waals surface area contributed by atoms with E-state index < -0.39 is 0 Å². The first-order valence-electron chi connectivity index (χ1n) is 3.98. The highest BCUT2D eigenvalue weighted by Gasteiger charge is 2.07. The molecule has 0 aliphatic heterocycles. The second-order valence-corrected chi connectivity index (χ2v) is 3.20. The zero-order valence-electron chi connectivity index (χ0n) is 7.45. The third-order valence-electron chi connectivity index (χ3n) is 1.75. The Morgan fingerprint density at radius 2 is 2.14 bits per heavy atom. The van der Waals surface area contributed by atoms with Crippen molar-refractivity contribution in [2.24, 2.45) is 0 Å². The third kappa shape index (κ3) is 1.54. The Morgan fingerprint density at radius 3 is 2.64 bits per heavy atom. The quantitative estimate of drug-likeness (QED) is 0.744. The van der Waals surface area contributed by atoms with E-state index in [1.807, 2.05) is 6.92 Å². The number of rotatable bonds is 1. The first kappa shape index (κ1) is 8.96. The van der Waals surface area contributed by atoms with E-state index in [0.717, 1.165) is 5.69 Å². The molecule has 0 radical (unpaired) electrons. The van der Waals surface area contributed by atoms with Gasteiger partial charge in [0.2, 0.25) is 0 Å². The van der Waals surface area contributed by atoms with Crippen LogP contribution in [-0.2, 0) is 0 Å². The van der Waals surface area contributed by atoms with Crippen LogP contribution in [0.25, 0.3) is 11.5 Å². The first-order chi connectivity index (χ1) is 6.66. The van der Waals surface area contributed by atoms with Gasteiger partial charge in [0.25, 0.3) is 0 Å². The van der Waals surface area contributed by atoms with Crippen LogP contribution in [0.5, 0.6) is 0 Å². The normalized spacial score (nSPS) is 10.4. The number of anilines is 1. The fourth-order valence-electron chi connectivity index (χ4n) is 1.03. The lowest BCUT2D eigenvalue weighted by atomic mass is 10.4. The summed E-state index contributed by atoms with van der Waals surface area (Å²) in [5.41, 5.74) is 6.84. The van der Waals surface area contributed by atoms with Crippen LogP contribution in [0.2, 0.25) is 5.15 Å². The Kier molecular flexibility index (Phi) is 2.09. The summed E-state index contributed by atoms with van der Waals surface area (Å²) in [6, 6.07) is 3.39. The molecule has 2 aromatic rings. The summed E-state index contributed by atoms with van der Waals surface area (Å²) in [5.74, 6) is 0.975. The van der Waals surface area contributed by atoms with Crippen molar-refractivity contribution in [1.82, 2.24) is 20.2 Å². The molecule has 0 aromatic carbocycles. The smallest absolute Gasteiger partial charge is 0.159 e. The molecule has 6 heteroatoms. The van der Waals surface area contributed by atoms with Crippen molar-refractivity contribution in [2.75, 3.05) is 5.73 Å². The molecule has 72 valence electrons. The van der Waals surface area contributed by atoms with E-state index >= 15 is 0 Å². The second-order valence-electron chi connectivity index (χ2n) is 2.84. The molecular weight excluding hydrogens is 202 g/mol. The predicted molar refractivity (Wildman–Crippen MR) is 53.8 cm³/mol. The van der Waals surface area contributed by atoms with Crippen molar-refractivity contribution in [3.05, 3.63) is 23.0 Å². The van der Waals surface area contributed by atoms with Gasteiger partial charge in [-0.3, -0.25) is 0 Å². The highest BCUT2D eigenvalue weighted by atomic mass is 35.5. The van der Waals surface area contributed by atoms with Crippen molar-refractivity contribution >= 4 is 17.4 Å². The number of nitrogen functional groups attached to an aromatic ring is 1. The number of aromatic nitrogens is 4. The largest absolute Gasteiger partial charge is 0.382 e. The Balaban J connectivity index is 2.44. The lowest BCUT2D eigenvalue weighted by molar-refractivity contribution is 1.03. The predicted octanol–water partition coefficient (Wildman–Crippen LogP) is 1.41. The number of nitrogens with zero attached hydrogens (tertiary/aromatic N) is 3. The van der Waals surface area contributed by atoms with Crippen molar-refractivity contribution in [2.45, 2.75) is 6.92 Å². The molecule has 0 spiro atoms. The van der Waals surface area contributed by atoms with Gasteiger partial charge in [-0.2, -0.15) is 0 Å². The van der Waals surface area contributed by atoms with E-state index in [1.54, 1.807) is 12.1 Å². The molecule has 0 atom stereocenters. The zero-order chi connectivity index (χ0) is 10.1. The maximum absolute atomic E-state index is 5.80. The molecule has 0 unspecified atom stereocenters. The summed E-state index contributed by atoms with van der Waals surface area (Å²) in [4.78, 5) is 7.07. The van der Waals surface area contributed by atoms with Crippen LogP contribution in [-0.4, -0.2) is 20.2 Å². The van der Waals surface area contributed by atoms with Gasteiger partial charge in [-0.05, 0) is 19.1 Å². The second kappa shape index (κ2) is 3.26. The number of aryl methyl sites for hydroxylation is 1. The van der Waals surface area contributed by atoms with Crippen molar-refractivity contribution < 1.29 is 0 Å². The average Bonchev–Trinajstić information content (AvgIpc) is 2.48. The number of halogens is 1. The molecule has 0 amide bonds. The molecule has 0 aliphatic carbocycles. The van der Waals surface area contributed by atoms with Crippen LogP contribution in [0, 0.1) is 6.92 Å². The van der Waals surface area contributed by atoms with Crippen LogP contribution >= 0.6 is 11.6 Å². The van der Waals surface area contributed by atoms with Gasteiger partial charge in [-0.15, -0.1) is 10.2 Å². The van der Waals surface area contributed by atoms with Gasteiger partial charge in [0.1, 0.15) is 11.5 Å². The Morgan fingerprint density at radius 1 is 1.36 bits per heavy atom. The summed E-state index contributed by atoms with van der Waals surface area (Å²) < 4.78 is 0. The Bertz CT molecular complexity index is 428. The molecule has 14 heavy (non-hydrogen) atoms. The molecule has 2 aromatic heterocycles. The van der Waals surface area contributed by atoms with E-state index in [2.05, 4.69) is 20.2 Å². The topological polar surface area (TPSA) is 80.5 Å². The van der Waals surface area contributed by atoms with Gasteiger partial charge in [0.05, 0.1) is 5.69 Å². The standard InChI is InChI=1S/C8H8ClN5/c1-4-7(9)12-8(11-4)5-2-3-6(10)14-13-5/h2-3H,1H3,(H2,10,14)(H,11,12).